The van der Waals surface area contributed by atoms with Crippen LogP contribution in [-0.2, 0) is 11.8 Å². The van der Waals surface area contributed by atoms with Crippen molar-refractivity contribution in [3.63, 3.8) is 0 Å². The Morgan fingerprint density at radius 1 is 1.55 bits per heavy atom. The van der Waals surface area contributed by atoms with E-state index in [4.69, 9.17) is 4.74 Å². The minimum Gasteiger partial charge on any atom is -0.381 e. The number of hydrogen-bond donors (Lipinski definition) is 0. The zero-order valence-electron chi connectivity index (χ0n) is 13.1. The molecule has 0 unspecified atom stereocenters. The fourth-order valence-electron chi connectivity index (χ4n) is 3.68. The molecule has 0 radical (unpaired) electrons. The van der Waals surface area contributed by atoms with Crippen molar-refractivity contribution in [1.82, 2.24) is 14.7 Å². The number of carbonyl (C=O) groups excluding carboxylic acids is 1. The number of ether oxygens (including phenoxy) is 1. The zero-order chi connectivity index (χ0) is 14.9. The summed E-state index contributed by atoms with van der Waals surface area (Å²) >= 11 is 0. The lowest BCUT2D eigenvalue weighted by Crippen LogP contribution is -2.64. The molecule has 0 N–H and O–H groups in total. The van der Waals surface area contributed by atoms with Gasteiger partial charge in [0, 0.05) is 38.9 Å². The molecule has 1 aliphatic carbocycles. The van der Waals surface area contributed by atoms with Gasteiger partial charge in [-0.1, -0.05) is 13.8 Å². The maximum Gasteiger partial charge on any atom is 0.272 e. The van der Waals surface area contributed by atoms with E-state index in [1.54, 1.807) is 31.1 Å². The molecule has 5 nitrogen and oxygen atoms in total. The molecule has 1 heterocycles. The van der Waals surface area contributed by atoms with E-state index in [-0.39, 0.29) is 23.5 Å². The Labute approximate surface area is 120 Å². The van der Waals surface area contributed by atoms with E-state index in [1.807, 2.05) is 11.9 Å². The number of aromatic nitrogens is 2. The quantitative estimate of drug-likeness (QED) is 0.829. The summed E-state index contributed by atoms with van der Waals surface area (Å²) < 4.78 is 7.23. The molecule has 0 aliphatic heterocycles. The molecule has 0 saturated heterocycles. The predicted octanol–water partition coefficient (Wildman–Crippen LogP) is 2.09. The third-order valence-corrected chi connectivity index (χ3v) is 5.17. The lowest BCUT2D eigenvalue weighted by atomic mass is 9.58. The predicted molar refractivity (Wildman–Crippen MR) is 77.5 cm³/mol. The SMILES string of the molecule is CCC1(CC)[C@@H](OC)C[C@@H]1N(C)C(=O)c1ccnn1C. The van der Waals surface area contributed by atoms with Crippen molar-refractivity contribution in [1.29, 1.82) is 0 Å². The van der Waals surface area contributed by atoms with E-state index in [2.05, 4.69) is 18.9 Å². The topological polar surface area (TPSA) is 47.4 Å². The van der Waals surface area contributed by atoms with Gasteiger partial charge in [0.15, 0.2) is 0 Å². The largest absolute Gasteiger partial charge is 0.381 e. The highest BCUT2D eigenvalue weighted by atomic mass is 16.5. The Kier molecular flexibility index (Phi) is 4.18. The summed E-state index contributed by atoms with van der Waals surface area (Å²) in [5.74, 6) is 0.0378. The van der Waals surface area contributed by atoms with Crippen molar-refractivity contribution in [2.45, 2.75) is 45.3 Å². The van der Waals surface area contributed by atoms with Crippen LogP contribution in [0.1, 0.15) is 43.6 Å². The molecule has 1 aromatic rings. The monoisotopic (exact) mass is 279 g/mol. The van der Waals surface area contributed by atoms with Gasteiger partial charge in [-0.3, -0.25) is 9.48 Å². The number of amides is 1. The molecule has 1 saturated carbocycles. The van der Waals surface area contributed by atoms with Gasteiger partial charge in [0.1, 0.15) is 5.69 Å². The van der Waals surface area contributed by atoms with Crippen LogP contribution in [0.15, 0.2) is 12.3 Å². The minimum absolute atomic E-state index is 0.0378. The highest BCUT2D eigenvalue weighted by Crippen LogP contribution is 2.51. The van der Waals surface area contributed by atoms with E-state index >= 15 is 0 Å². The molecule has 1 fully saturated rings. The first-order chi connectivity index (χ1) is 9.51. The van der Waals surface area contributed by atoms with Gasteiger partial charge in [-0.15, -0.1) is 0 Å². The Morgan fingerprint density at radius 2 is 2.20 bits per heavy atom. The number of methoxy groups -OCH3 is 1. The van der Waals surface area contributed by atoms with Crippen molar-refractivity contribution < 1.29 is 9.53 Å². The first-order valence-corrected chi connectivity index (χ1v) is 7.29. The average Bonchev–Trinajstić information content (AvgIpc) is 2.85. The Bertz CT molecular complexity index is 479. The zero-order valence-corrected chi connectivity index (χ0v) is 13.1. The van der Waals surface area contributed by atoms with Crippen molar-refractivity contribution >= 4 is 5.91 Å². The van der Waals surface area contributed by atoms with Gasteiger partial charge in [0.05, 0.1) is 6.10 Å². The average molecular weight is 279 g/mol. The van der Waals surface area contributed by atoms with Gasteiger partial charge in [0.2, 0.25) is 0 Å². The first kappa shape index (κ1) is 15.0. The number of hydrogen-bond acceptors (Lipinski definition) is 3. The molecule has 5 heteroatoms. The van der Waals surface area contributed by atoms with Crippen LogP contribution in [0.25, 0.3) is 0 Å². The fraction of sp³-hybridized carbons (Fsp3) is 0.733. The summed E-state index contributed by atoms with van der Waals surface area (Å²) in [4.78, 5) is 14.5. The molecule has 2 atom stereocenters. The van der Waals surface area contributed by atoms with Crippen LogP contribution in [0.2, 0.25) is 0 Å². The molecule has 0 bridgehead atoms. The van der Waals surface area contributed by atoms with E-state index in [0.717, 1.165) is 19.3 Å². The third kappa shape index (κ3) is 2.04. The lowest BCUT2D eigenvalue weighted by Gasteiger charge is -2.57. The van der Waals surface area contributed by atoms with Crippen LogP contribution < -0.4 is 0 Å². The number of nitrogens with zero attached hydrogens (tertiary/aromatic N) is 3. The standard InChI is InChI=1S/C15H25N3O2/c1-6-15(7-2)12(10-13(15)20-5)17(3)14(19)11-8-9-16-18(11)4/h8-9,12-13H,6-7,10H2,1-5H3/t12-,13-/m0/s1. The summed E-state index contributed by atoms with van der Waals surface area (Å²) in [6, 6.07) is 2.01. The summed E-state index contributed by atoms with van der Waals surface area (Å²) in [6.45, 7) is 4.37. The number of carbonyl (C=O) groups is 1. The molecule has 0 aromatic carbocycles. The molecule has 0 spiro atoms. The van der Waals surface area contributed by atoms with Crippen molar-refractivity contribution in [3.8, 4) is 0 Å². The smallest absolute Gasteiger partial charge is 0.272 e. The summed E-state index contributed by atoms with van der Waals surface area (Å²) in [7, 11) is 5.46. The first-order valence-electron chi connectivity index (χ1n) is 7.29. The van der Waals surface area contributed by atoms with E-state index in [1.165, 1.54) is 0 Å². The molecule has 20 heavy (non-hydrogen) atoms. The van der Waals surface area contributed by atoms with Crippen molar-refractivity contribution in [3.05, 3.63) is 18.0 Å². The Balaban J connectivity index is 2.20. The highest BCUT2D eigenvalue weighted by molar-refractivity contribution is 5.92. The summed E-state index contributed by atoms with van der Waals surface area (Å²) in [6.07, 6.45) is 4.88. The van der Waals surface area contributed by atoms with Crippen LogP contribution in [0, 0.1) is 5.41 Å². The molecule has 112 valence electrons. The van der Waals surface area contributed by atoms with Crippen molar-refractivity contribution in [2.24, 2.45) is 12.5 Å². The molecule has 1 aliphatic rings. The van der Waals surface area contributed by atoms with Gasteiger partial charge in [-0.2, -0.15) is 5.10 Å². The van der Waals surface area contributed by atoms with Crippen LogP contribution in [0.4, 0.5) is 0 Å². The van der Waals surface area contributed by atoms with E-state index in [9.17, 15) is 4.79 Å². The normalized spacial score (nSPS) is 24.2. The maximum atomic E-state index is 12.6. The number of aryl methyl sites for hydroxylation is 1. The third-order valence-electron chi connectivity index (χ3n) is 5.17. The van der Waals surface area contributed by atoms with Gasteiger partial charge in [-0.05, 0) is 25.3 Å². The van der Waals surface area contributed by atoms with E-state index < -0.39 is 0 Å². The fourth-order valence-corrected chi connectivity index (χ4v) is 3.68. The van der Waals surface area contributed by atoms with Crippen LogP contribution in [0.3, 0.4) is 0 Å². The van der Waals surface area contributed by atoms with Crippen LogP contribution in [0.5, 0.6) is 0 Å². The van der Waals surface area contributed by atoms with Gasteiger partial charge in [0.25, 0.3) is 5.91 Å². The molecular formula is C15H25N3O2. The highest BCUT2D eigenvalue weighted by Gasteiger charge is 2.55. The second kappa shape index (κ2) is 5.56. The minimum atomic E-state index is 0.0378. The molecule has 1 aromatic heterocycles. The Morgan fingerprint density at radius 3 is 2.65 bits per heavy atom. The summed E-state index contributed by atoms with van der Waals surface area (Å²) in [5, 5.41) is 4.08. The van der Waals surface area contributed by atoms with Crippen LogP contribution in [-0.4, -0.2) is 46.9 Å². The van der Waals surface area contributed by atoms with Crippen LogP contribution >= 0.6 is 0 Å². The van der Waals surface area contributed by atoms with Crippen molar-refractivity contribution in [2.75, 3.05) is 14.2 Å². The maximum absolute atomic E-state index is 12.6. The molecule has 2 rings (SSSR count). The van der Waals surface area contributed by atoms with E-state index in [0.29, 0.717) is 5.69 Å². The number of rotatable bonds is 5. The van der Waals surface area contributed by atoms with Gasteiger partial charge < -0.3 is 9.64 Å². The second-order valence-corrected chi connectivity index (χ2v) is 5.67. The Hall–Kier alpha value is -1.36. The van der Waals surface area contributed by atoms with Gasteiger partial charge >= 0.3 is 0 Å². The lowest BCUT2D eigenvalue weighted by molar-refractivity contribution is -0.147. The molecule has 1 amide bonds. The summed E-state index contributed by atoms with van der Waals surface area (Å²) in [5.41, 5.74) is 0.715. The second-order valence-electron chi connectivity index (χ2n) is 5.67. The van der Waals surface area contributed by atoms with Gasteiger partial charge in [-0.25, -0.2) is 0 Å². The molecular weight excluding hydrogens is 254 g/mol.